The summed E-state index contributed by atoms with van der Waals surface area (Å²) >= 11 is 0. The van der Waals surface area contributed by atoms with Crippen molar-refractivity contribution in [3.05, 3.63) is 41.2 Å². The maximum atomic E-state index is 12.3. The Morgan fingerprint density at radius 1 is 1.33 bits per heavy atom. The Hall–Kier alpha value is -2.34. The molecule has 1 aliphatic heterocycles. The first kappa shape index (κ1) is 16.5. The standard InChI is InChI=1S/C18H24N4O2/c1-12-5-6-13(2)16(9-12)22-14(3)15(10-19-22)20-17(23)21-18(4)7-8-24-11-18/h5-6,9-10H,7-8,11H2,1-4H3,(H2,20,21,23)/t18-/m1/s1. The molecule has 2 aromatic rings. The van der Waals surface area contributed by atoms with Crippen LogP contribution in [0.3, 0.4) is 0 Å². The first-order valence-corrected chi connectivity index (χ1v) is 8.17. The van der Waals surface area contributed by atoms with Crippen LogP contribution in [0.25, 0.3) is 5.69 Å². The van der Waals surface area contributed by atoms with E-state index >= 15 is 0 Å². The molecule has 0 aliphatic carbocycles. The molecule has 0 saturated carbocycles. The minimum absolute atomic E-state index is 0.230. The number of nitrogens with zero attached hydrogens (tertiary/aromatic N) is 2. The minimum Gasteiger partial charge on any atom is -0.379 e. The largest absolute Gasteiger partial charge is 0.379 e. The zero-order valence-corrected chi connectivity index (χ0v) is 14.6. The number of carbonyl (C=O) groups excluding carboxylic acids is 1. The van der Waals surface area contributed by atoms with E-state index in [1.54, 1.807) is 6.20 Å². The number of urea groups is 1. The van der Waals surface area contributed by atoms with Gasteiger partial charge in [-0.2, -0.15) is 5.10 Å². The van der Waals surface area contributed by atoms with Crippen molar-refractivity contribution < 1.29 is 9.53 Å². The molecule has 128 valence electrons. The third kappa shape index (κ3) is 3.28. The number of hydrogen-bond donors (Lipinski definition) is 2. The number of carbonyl (C=O) groups is 1. The molecule has 1 aliphatic rings. The Balaban J connectivity index is 1.77. The molecular weight excluding hydrogens is 304 g/mol. The van der Waals surface area contributed by atoms with E-state index < -0.39 is 0 Å². The average molecular weight is 328 g/mol. The third-order valence-corrected chi connectivity index (χ3v) is 4.48. The quantitative estimate of drug-likeness (QED) is 0.910. The van der Waals surface area contributed by atoms with E-state index in [4.69, 9.17) is 4.74 Å². The summed E-state index contributed by atoms with van der Waals surface area (Å²) in [6, 6.07) is 6.02. The average Bonchev–Trinajstić information content (AvgIpc) is 3.09. The predicted molar refractivity (Wildman–Crippen MR) is 93.8 cm³/mol. The summed E-state index contributed by atoms with van der Waals surface area (Å²) in [6.07, 6.45) is 2.51. The Morgan fingerprint density at radius 2 is 2.12 bits per heavy atom. The lowest BCUT2D eigenvalue weighted by molar-refractivity contribution is 0.172. The number of anilines is 1. The number of amides is 2. The first-order valence-electron chi connectivity index (χ1n) is 8.17. The lowest BCUT2D eigenvalue weighted by atomic mass is 10.0. The van der Waals surface area contributed by atoms with Crippen molar-refractivity contribution in [2.24, 2.45) is 0 Å². The van der Waals surface area contributed by atoms with Gasteiger partial charge in [0.15, 0.2) is 0 Å². The van der Waals surface area contributed by atoms with Gasteiger partial charge in [0.1, 0.15) is 0 Å². The number of hydrogen-bond acceptors (Lipinski definition) is 3. The van der Waals surface area contributed by atoms with Gasteiger partial charge in [-0.15, -0.1) is 0 Å². The summed E-state index contributed by atoms with van der Waals surface area (Å²) in [5.74, 6) is 0. The molecule has 0 spiro atoms. The van der Waals surface area contributed by atoms with Crippen LogP contribution in [-0.2, 0) is 4.74 Å². The fourth-order valence-corrected chi connectivity index (χ4v) is 2.92. The first-order chi connectivity index (χ1) is 11.4. The highest BCUT2D eigenvalue weighted by atomic mass is 16.5. The second-order valence-corrected chi connectivity index (χ2v) is 6.79. The summed E-state index contributed by atoms with van der Waals surface area (Å²) in [4.78, 5) is 12.3. The van der Waals surface area contributed by atoms with Gasteiger partial charge in [-0.25, -0.2) is 9.48 Å². The molecule has 0 unspecified atom stereocenters. The maximum Gasteiger partial charge on any atom is 0.319 e. The van der Waals surface area contributed by atoms with E-state index in [1.165, 1.54) is 5.56 Å². The fourth-order valence-electron chi connectivity index (χ4n) is 2.92. The van der Waals surface area contributed by atoms with E-state index in [1.807, 2.05) is 18.5 Å². The second-order valence-electron chi connectivity index (χ2n) is 6.79. The van der Waals surface area contributed by atoms with Crippen molar-refractivity contribution >= 4 is 11.7 Å². The molecule has 2 amide bonds. The van der Waals surface area contributed by atoms with Crippen LogP contribution in [0.4, 0.5) is 10.5 Å². The van der Waals surface area contributed by atoms with Crippen molar-refractivity contribution in [1.82, 2.24) is 15.1 Å². The Bertz CT molecular complexity index is 760. The highest BCUT2D eigenvalue weighted by molar-refractivity contribution is 5.90. The van der Waals surface area contributed by atoms with Crippen LogP contribution in [0.15, 0.2) is 24.4 Å². The summed E-state index contributed by atoms with van der Waals surface area (Å²) in [7, 11) is 0. The predicted octanol–water partition coefficient (Wildman–Crippen LogP) is 3.10. The van der Waals surface area contributed by atoms with Crippen LogP contribution < -0.4 is 10.6 Å². The molecule has 24 heavy (non-hydrogen) atoms. The van der Waals surface area contributed by atoms with Crippen LogP contribution in [0.2, 0.25) is 0 Å². The van der Waals surface area contributed by atoms with Gasteiger partial charge in [-0.05, 0) is 51.3 Å². The molecule has 6 heteroatoms. The summed E-state index contributed by atoms with van der Waals surface area (Å²) in [5.41, 5.74) is 4.63. The van der Waals surface area contributed by atoms with E-state index in [2.05, 4.69) is 47.8 Å². The Labute approximate surface area is 142 Å². The van der Waals surface area contributed by atoms with E-state index in [0.29, 0.717) is 18.9 Å². The lowest BCUT2D eigenvalue weighted by Gasteiger charge is -2.23. The van der Waals surface area contributed by atoms with Gasteiger partial charge >= 0.3 is 6.03 Å². The zero-order valence-electron chi connectivity index (χ0n) is 14.6. The third-order valence-electron chi connectivity index (χ3n) is 4.48. The number of aryl methyl sites for hydroxylation is 2. The SMILES string of the molecule is Cc1ccc(C)c(-n2ncc(NC(=O)N[C@]3(C)CCOC3)c2C)c1. The van der Waals surface area contributed by atoms with Crippen LogP contribution in [0.1, 0.15) is 30.2 Å². The van der Waals surface area contributed by atoms with Crippen molar-refractivity contribution in [1.29, 1.82) is 0 Å². The molecule has 0 radical (unpaired) electrons. The highest BCUT2D eigenvalue weighted by Crippen LogP contribution is 2.22. The van der Waals surface area contributed by atoms with Crippen LogP contribution in [0, 0.1) is 20.8 Å². The second kappa shape index (κ2) is 6.28. The van der Waals surface area contributed by atoms with Gasteiger partial charge in [-0.3, -0.25) is 0 Å². The van der Waals surface area contributed by atoms with Gasteiger partial charge < -0.3 is 15.4 Å². The molecule has 0 bridgehead atoms. The van der Waals surface area contributed by atoms with Crippen molar-refractivity contribution in [3.8, 4) is 5.69 Å². The Morgan fingerprint density at radius 3 is 2.83 bits per heavy atom. The molecule has 1 aromatic carbocycles. The monoisotopic (exact) mass is 328 g/mol. The summed E-state index contributed by atoms with van der Waals surface area (Å²) in [6.45, 7) is 9.27. The van der Waals surface area contributed by atoms with Gasteiger partial charge in [-0.1, -0.05) is 12.1 Å². The number of rotatable bonds is 3. The van der Waals surface area contributed by atoms with Crippen molar-refractivity contribution in [3.63, 3.8) is 0 Å². The smallest absolute Gasteiger partial charge is 0.319 e. The molecule has 6 nitrogen and oxygen atoms in total. The van der Waals surface area contributed by atoms with E-state index in [0.717, 1.165) is 23.4 Å². The molecular formula is C18H24N4O2. The lowest BCUT2D eigenvalue weighted by Crippen LogP contribution is -2.48. The van der Waals surface area contributed by atoms with Gasteiger partial charge in [0, 0.05) is 6.61 Å². The zero-order chi connectivity index (χ0) is 17.3. The Kier molecular flexibility index (Phi) is 4.32. The molecule has 3 rings (SSSR count). The number of ether oxygens (including phenoxy) is 1. The van der Waals surface area contributed by atoms with E-state index in [9.17, 15) is 4.79 Å². The van der Waals surface area contributed by atoms with Crippen LogP contribution in [-0.4, -0.2) is 34.6 Å². The normalized spacial score (nSPS) is 20.2. The molecule has 2 N–H and O–H groups in total. The maximum absolute atomic E-state index is 12.3. The summed E-state index contributed by atoms with van der Waals surface area (Å²) in [5, 5.41) is 10.3. The topological polar surface area (TPSA) is 68.2 Å². The number of benzene rings is 1. The van der Waals surface area contributed by atoms with Gasteiger partial charge in [0.05, 0.1) is 35.4 Å². The van der Waals surface area contributed by atoms with Crippen LogP contribution in [0.5, 0.6) is 0 Å². The molecule has 2 heterocycles. The van der Waals surface area contributed by atoms with Gasteiger partial charge in [0.25, 0.3) is 0 Å². The van der Waals surface area contributed by atoms with Crippen molar-refractivity contribution in [2.75, 3.05) is 18.5 Å². The molecule has 1 atom stereocenters. The van der Waals surface area contributed by atoms with Crippen LogP contribution >= 0.6 is 0 Å². The molecule has 1 fully saturated rings. The van der Waals surface area contributed by atoms with Crippen molar-refractivity contribution in [2.45, 2.75) is 39.7 Å². The van der Waals surface area contributed by atoms with Gasteiger partial charge in [0.2, 0.25) is 0 Å². The minimum atomic E-state index is -0.304. The summed E-state index contributed by atoms with van der Waals surface area (Å²) < 4.78 is 7.22. The fraction of sp³-hybridized carbons (Fsp3) is 0.444. The molecule has 1 saturated heterocycles. The number of nitrogens with one attached hydrogen (secondary N) is 2. The molecule has 1 aromatic heterocycles. The van der Waals surface area contributed by atoms with E-state index in [-0.39, 0.29) is 11.6 Å². The highest BCUT2D eigenvalue weighted by Gasteiger charge is 2.31. The number of aromatic nitrogens is 2.